The first kappa shape index (κ1) is 23.8. The number of hydrogen-bond acceptors (Lipinski definition) is 6. The summed E-state index contributed by atoms with van der Waals surface area (Å²) in [4.78, 5) is 26.3. The molecule has 172 valence electrons. The van der Waals surface area contributed by atoms with E-state index < -0.39 is 59.6 Å². The topological polar surface area (TPSA) is 104 Å². The van der Waals surface area contributed by atoms with Crippen LogP contribution in [0.2, 0.25) is 0 Å². The third-order valence-electron chi connectivity index (χ3n) is 7.55. The highest BCUT2D eigenvalue weighted by Gasteiger charge is 2.70. The van der Waals surface area contributed by atoms with Crippen LogP contribution in [0, 0.1) is 23.2 Å². The largest absolute Gasteiger partial charge is 0.451 e. The minimum atomic E-state index is -2.24. The first-order valence-corrected chi connectivity index (χ1v) is 10.9. The summed E-state index contributed by atoms with van der Waals surface area (Å²) in [6, 6.07) is 0. The molecule has 3 aliphatic carbocycles. The summed E-state index contributed by atoms with van der Waals surface area (Å²) in [6.07, 6.45) is 0.308. The van der Waals surface area contributed by atoms with Gasteiger partial charge in [0.25, 0.3) is 0 Å². The number of aliphatic hydroxyl groups excluding tert-OH is 2. The van der Waals surface area contributed by atoms with Crippen LogP contribution in [0.5, 0.6) is 0 Å². The highest BCUT2D eigenvalue weighted by atomic mass is 19.1. The van der Waals surface area contributed by atoms with Gasteiger partial charge in [-0.05, 0) is 56.6 Å². The van der Waals surface area contributed by atoms with Gasteiger partial charge in [-0.2, -0.15) is 0 Å². The average Bonchev–Trinajstić information content (AvgIpc) is 2.84. The van der Waals surface area contributed by atoms with Gasteiger partial charge in [0.05, 0.1) is 17.9 Å². The Kier molecular flexibility index (Phi) is 6.35. The molecule has 1 fully saturated rings. The molecule has 7 heteroatoms. The number of aliphatic hydroxyl groups is 3. The van der Waals surface area contributed by atoms with E-state index in [1.807, 2.05) is 13.8 Å². The summed E-state index contributed by atoms with van der Waals surface area (Å²) in [5, 5.41) is 33.1. The van der Waals surface area contributed by atoms with E-state index in [4.69, 9.17) is 4.74 Å². The zero-order chi connectivity index (χ0) is 23.3. The van der Waals surface area contributed by atoms with Gasteiger partial charge in [-0.15, -0.1) is 0 Å². The first-order valence-electron chi connectivity index (χ1n) is 10.9. The maximum absolute atomic E-state index is 15.6. The molecule has 0 saturated heterocycles. The van der Waals surface area contributed by atoms with E-state index in [9.17, 15) is 24.9 Å². The first-order chi connectivity index (χ1) is 14.5. The minimum Gasteiger partial charge on any atom is -0.451 e. The Morgan fingerprint density at radius 3 is 2.61 bits per heavy atom. The molecule has 0 amide bonds. The zero-order valence-corrected chi connectivity index (χ0v) is 18.8. The van der Waals surface area contributed by atoms with Crippen molar-refractivity contribution in [3.63, 3.8) is 0 Å². The van der Waals surface area contributed by atoms with E-state index in [0.717, 1.165) is 0 Å². The van der Waals surface area contributed by atoms with Crippen molar-refractivity contribution < 1.29 is 34.0 Å². The van der Waals surface area contributed by atoms with Crippen molar-refractivity contribution in [2.75, 3.05) is 6.61 Å². The van der Waals surface area contributed by atoms with Crippen molar-refractivity contribution in [1.82, 2.24) is 0 Å². The lowest BCUT2D eigenvalue weighted by Gasteiger charge is -2.45. The number of carbonyl (C=O) groups is 2. The molecule has 7 atom stereocenters. The number of ketones is 1. The van der Waals surface area contributed by atoms with Crippen molar-refractivity contribution in [2.24, 2.45) is 23.2 Å². The molecule has 3 rings (SSSR count). The molecular weight excluding hydrogens is 403 g/mol. The van der Waals surface area contributed by atoms with Crippen LogP contribution in [0.4, 0.5) is 4.39 Å². The number of hydrogen-bond donors (Lipinski definition) is 3. The number of Topliss-reactive ketones (excluding diaryl/α,β-unsaturated/α-hetero) is 1. The van der Waals surface area contributed by atoms with Gasteiger partial charge in [0, 0.05) is 5.57 Å². The SMILES string of the molecule is C/C=C(/C)C(=O)O[C@H]1C(C)=CC23CCC(C(C)C)[C@@H](F)C(C=C(CO)[C@@H](O)C12O)C3=O. The predicted molar refractivity (Wildman–Crippen MR) is 113 cm³/mol. The number of halogens is 1. The summed E-state index contributed by atoms with van der Waals surface area (Å²) in [5.41, 5.74) is -3.18. The molecular formula is C24H33FO6. The second kappa shape index (κ2) is 8.26. The van der Waals surface area contributed by atoms with Gasteiger partial charge >= 0.3 is 5.97 Å². The van der Waals surface area contributed by atoms with E-state index in [-0.39, 0.29) is 17.9 Å². The predicted octanol–water partition coefficient (Wildman–Crippen LogP) is 2.42. The molecule has 0 aromatic heterocycles. The average molecular weight is 437 g/mol. The Balaban J connectivity index is 2.21. The normalized spacial score (nSPS) is 40.6. The van der Waals surface area contributed by atoms with Gasteiger partial charge in [-0.25, -0.2) is 9.18 Å². The molecule has 0 aliphatic heterocycles. The van der Waals surface area contributed by atoms with Gasteiger partial charge in [-0.1, -0.05) is 32.1 Å². The van der Waals surface area contributed by atoms with Crippen LogP contribution in [-0.2, 0) is 14.3 Å². The lowest BCUT2D eigenvalue weighted by molar-refractivity contribution is -0.194. The number of ether oxygens (including phenoxy) is 1. The molecule has 31 heavy (non-hydrogen) atoms. The van der Waals surface area contributed by atoms with E-state index in [1.54, 1.807) is 32.9 Å². The van der Waals surface area contributed by atoms with E-state index in [1.165, 1.54) is 6.08 Å². The quantitative estimate of drug-likeness (QED) is 0.355. The van der Waals surface area contributed by atoms with Gasteiger partial charge in [0.2, 0.25) is 0 Å². The van der Waals surface area contributed by atoms with Crippen molar-refractivity contribution in [1.29, 1.82) is 0 Å². The summed E-state index contributed by atoms with van der Waals surface area (Å²) in [6.45, 7) is 7.98. The summed E-state index contributed by atoms with van der Waals surface area (Å²) >= 11 is 0. The number of esters is 1. The smallest absolute Gasteiger partial charge is 0.334 e. The lowest BCUT2D eigenvalue weighted by atomic mass is 9.64. The Hall–Kier alpha value is -1.83. The van der Waals surface area contributed by atoms with Crippen molar-refractivity contribution in [3.8, 4) is 0 Å². The number of rotatable bonds is 4. The fourth-order valence-electron chi connectivity index (χ4n) is 5.59. The zero-order valence-electron chi connectivity index (χ0n) is 18.8. The summed E-state index contributed by atoms with van der Waals surface area (Å²) < 4.78 is 21.2. The van der Waals surface area contributed by atoms with Crippen LogP contribution in [0.15, 0.2) is 34.9 Å². The molecule has 3 aliphatic rings. The number of alkyl halides is 1. The van der Waals surface area contributed by atoms with E-state index in [0.29, 0.717) is 17.6 Å². The molecule has 0 radical (unpaired) electrons. The van der Waals surface area contributed by atoms with E-state index in [2.05, 4.69) is 0 Å². The standard InChI is InChI=1S/C24H33FO6/c1-6-13(4)22(29)31-21-14(5)10-23-8-7-16(12(2)3)18(25)17(20(23)28)9-15(11-26)19(27)24(21,23)30/h6,9-10,12,16-19,21,26-27,30H,7-8,11H2,1-5H3/b13-6-/t16?,17?,18-,19-,21+,23?,24?/m1/s1. The lowest BCUT2D eigenvalue weighted by Crippen LogP contribution is -2.63. The third-order valence-corrected chi connectivity index (χ3v) is 7.55. The Morgan fingerprint density at radius 2 is 2.06 bits per heavy atom. The van der Waals surface area contributed by atoms with Crippen LogP contribution in [0.3, 0.4) is 0 Å². The van der Waals surface area contributed by atoms with Crippen LogP contribution in [0.25, 0.3) is 0 Å². The van der Waals surface area contributed by atoms with Crippen LogP contribution in [-0.4, -0.2) is 57.7 Å². The van der Waals surface area contributed by atoms with Gasteiger partial charge < -0.3 is 20.1 Å². The Labute approximate surface area is 182 Å². The van der Waals surface area contributed by atoms with Gasteiger partial charge in [-0.3, -0.25) is 4.79 Å². The van der Waals surface area contributed by atoms with Crippen molar-refractivity contribution in [3.05, 3.63) is 34.9 Å². The maximum atomic E-state index is 15.6. The molecule has 0 heterocycles. The number of fused-ring (bicyclic) bond motifs is 1. The van der Waals surface area contributed by atoms with E-state index >= 15 is 4.39 Å². The van der Waals surface area contributed by atoms with Crippen LogP contribution >= 0.6 is 0 Å². The fourth-order valence-corrected chi connectivity index (χ4v) is 5.59. The second-order valence-electron chi connectivity index (χ2n) is 9.53. The highest BCUT2D eigenvalue weighted by molar-refractivity contribution is 5.95. The maximum Gasteiger partial charge on any atom is 0.334 e. The Morgan fingerprint density at radius 1 is 1.42 bits per heavy atom. The van der Waals surface area contributed by atoms with Crippen molar-refractivity contribution >= 4 is 11.8 Å². The molecule has 1 spiro atoms. The molecule has 0 aromatic carbocycles. The molecule has 3 N–H and O–H groups in total. The molecule has 0 aromatic rings. The number of allylic oxidation sites excluding steroid dienone is 2. The second-order valence-corrected chi connectivity index (χ2v) is 9.53. The molecule has 2 bridgehead atoms. The molecule has 1 saturated carbocycles. The Bertz CT molecular complexity index is 858. The molecule has 4 unspecified atom stereocenters. The van der Waals surface area contributed by atoms with Gasteiger partial charge in [0.15, 0.2) is 17.5 Å². The summed E-state index contributed by atoms with van der Waals surface area (Å²) in [7, 11) is 0. The van der Waals surface area contributed by atoms with Crippen LogP contribution in [0.1, 0.15) is 47.5 Å². The minimum absolute atomic E-state index is 0.0401. The number of carbonyl (C=O) groups excluding carboxylic acids is 2. The van der Waals surface area contributed by atoms with Crippen molar-refractivity contribution in [2.45, 2.75) is 71.4 Å². The summed E-state index contributed by atoms with van der Waals surface area (Å²) in [5.74, 6) is -2.91. The monoisotopic (exact) mass is 436 g/mol. The highest BCUT2D eigenvalue weighted by Crippen LogP contribution is 2.58. The molecule has 6 nitrogen and oxygen atoms in total. The third kappa shape index (κ3) is 3.33. The fraction of sp³-hybridized carbons (Fsp3) is 0.667. The van der Waals surface area contributed by atoms with Gasteiger partial charge in [0.1, 0.15) is 12.3 Å². The van der Waals surface area contributed by atoms with Crippen LogP contribution < -0.4 is 0 Å².